The summed E-state index contributed by atoms with van der Waals surface area (Å²) in [4.78, 5) is 3.95. The van der Waals surface area contributed by atoms with Crippen LogP contribution in [0.2, 0.25) is 0 Å². The van der Waals surface area contributed by atoms with E-state index in [0.717, 1.165) is 22.8 Å². The van der Waals surface area contributed by atoms with Crippen molar-refractivity contribution < 1.29 is 8.42 Å². The summed E-state index contributed by atoms with van der Waals surface area (Å²) < 4.78 is 26.9. The van der Waals surface area contributed by atoms with Crippen LogP contribution in [0.15, 0.2) is 10.4 Å². The molecule has 1 rings (SSSR count). The van der Waals surface area contributed by atoms with Crippen LogP contribution >= 0.6 is 23.7 Å². The van der Waals surface area contributed by atoms with Gasteiger partial charge >= 0.3 is 0 Å². The van der Waals surface area contributed by atoms with Crippen LogP contribution in [-0.2, 0) is 10.0 Å². The van der Waals surface area contributed by atoms with Crippen LogP contribution in [-0.4, -0.2) is 26.0 Å². The third-order valence-electron chi connectivity index (χ3n) is 2.23. The summed E-state index contributed by atoms with van der Waals surface area (Å²) in [5.74, 6) is 0.398. The van der Waals surface area contributed by atoms with E-state index in [0.29, 0.717) is 12.5 Å². The van der Waals surface area contributed by atoms with Crippen molar-refractivity contribution in [2.24, 2.45) is 11.7 Å². The Bertz CT molecular complexity index is 459. The number of halogens is 1. The number of thiazole rings is 1. The molecule has 3 N–H and O–H groups in total. The van der Waals surface area contributed by atoms with Gasteiger partial charge in [0.2, 0.25) is 0 Å². The lowest BCUT2D eigenvalue weighted by molar-refractivity contribution is 0.465. The van der Waals surface area contributed by atoms with Gasteiger partial charge in [-0.05, 0) is 19.3 Å². The number of sulfonamides is 1. The lowest BCUT2D eigenvalue weighted by Crippen LogP contribution is -2.40. The maximum absolute atomic E-state index is 12.0. The van der Waals surface area contributed by atoms with Crippen molar-refractivity contribution in [2.75, 3.05) is 6.54 Å². The Hall–Kier alpha value is -0.210. The Kier molecular flexibility index (Phi) is 7.31. The number of aryl methyl sites for hydroxylation is 1. The molecular formula is C10H20ClN3O2S2. The van der Waals surface area contributed by atoms with E-state index in [9.17, 15) is 8.42 Å². The van der Waals surface area contributed by atoms with Gasteiger partial charge in [0.15, 0.2) is 4.21 Å². The maximum atomic E-state index is 12.0. The van der Waals surface area contributed by atoms with Crippen molar-refractivity contribution in [1.82, 2.24) is 9.71 Å². The normalized spacial score (nSPS) is 13.4. The zero-order valence-electron chi connectivity index (χ0n) is 10.7. The molecule has 0 spiro atoms. The number of hydrogen-bond donors (Lipinski definition) is 2. The van der Waals surface area contributed by atoms with Gasteiger partial charge in [0.1, 0.15) is 0 Å². The van der Waals surface area contributed by atoms with E-state index in [2.05, 4.69) is 9.71 Å². The fourth-order valence-electron chi connectivity index (χ4n) is 1.51. The molecule has 0 radical (unpaired) electrons. The Morgan fingerprint density at radius 3 is 2.50 bits per heavy atom. The van der Waals surface area contributed by atoms with Gasteiger partial charge < -0.3 is 5.73 Å². The van der Waals surface area contributed by atoms with Crippen molar-refractivity contribution in [3.63, 3.8) is 0 Å². The number of hydrogen-bond acceptors (Lipinski definition) is 5. The summed E-state index contributed by atoms with van der Waals surface area (Å²) in [5.41, 5.74) is 5.57. The molecule has 1 unspecified atom stereocenters. The molecule has 106 valence electrons. The second-order valence-electron chi connectivity index (χ2n) is 4.38. The molecular weight excluding hydrogens is 294 g/mol. The van der Waals surface area contributed by atoms with Gasteiger partial charge in [-0.2, -0.15) is 0 Å². The number of nitrogens with two attached hydrogens (primary N) is 1. The number of nitrogens with zero attached hydrogens (tertiary/aromatic N) is 1. The number of aromatic nitrogens is 1. The zero-order chi connectivity index (χ0) is 13.1. The van der Waals surface area contributed by atoms with Crippen molar-refractivity contribution in [2.45, 2.75) is 37.4 Å². The molecule has 0 aromatic carbocycles. The average molecular weight is 314 g/mol. The molecule has 0 fully saturated rings. The van der Waals surface area contributed by atoms with E-state index in [1.54, 1.807) is 6.92 Å². The van der Waals surface area contributed by atoms with Crippen molar-refractivity contribution in [3.8, 4) is 0 Å². The SMILES string of the molecule is Cc1ncc(S(=O)(=O)NC(CN)CC(C)C)s1.Cl. The van der Waals surface area contributed by atoms with Gasteiger partial charge in [-0.1, -0.05) is 13.8 Å². The molecule has 18 heavy (non-hydrogen) atoms. The van der Waals surface area contributed by atoms with E-state index in [4.69, 9.17) is 5.73 Å². The van der Waals surface area contributed by atoms with Gasteiger partial charge in [-0.15, -0.1) is 23.7 Å². The van der Waals surface area contributed by atoms with Gasteiger partial charge in [-0.3, -0.25) is 0 Å². The highest BCUT2D eigenvalue weighted by Crippen LogP contribution is 2.18. The van der Waals surface area contributed by atoms with Crippen LogP contribution in [0.3, 0.4) is 0 Å². The molecule has 1 aromatic heterocycles. The third kappa shape index (κ3) is 5.19. The van der Waals surface area contributed by atoms with Gasteiger partial charge in [0.25, 0.3) is 10.0 Å². The van der Waals surface area contributed by atoms with Crippen LogP contribution in [0.25, 0.3) is 0 Å². The Labute approximate surface area is 119 Å². The highest BCUT2D eigenvalue weighted by atomic mass is 35.5. The molecule has 0 saturated carbocycles. The molecule has 1 atom stereocenters. The monoisotopic (exact) mass is 313 g/mol. The first-order valence-corrected chi connectivity index (χ1v) is 7.80. The van der Waals surface area contributed by atoms with Crippen molar-refractivity contribution >= 4 is 33.8 Å². The molecule has 0 aliphatic heterocycles. The summed E-state index contributed by atoms with van der Waals surface area (Å²) in [6.45, 7) is 6.15. The van der Waals surface area contributed by atoms with E-state index in [1.807, 2.05) is 13.8 Å². The van der Waals surface area contributed by atoms with Crippen LogP contribution in [0.1, 0.15) is 25.3 Å². The summed E-state index contributed by atoms with van der Waals surface area (Å²) in [7, 11) is -3.47. The summed E-state index contributed by atoms with van der Waals surface area (Å²) in [6, 6.07) is -0.220. The predicted octanol–water partition coefficient (Wildman–Crippen LogP) is 1.53. The molecule has 0 aliphatic carbocycles. The smallest absolute Gasteiger partial charge is 0.251 e. The molecule has 0 aliphatic rings. The Morgan fingerprint density at radius 2 is 2.11 bits per heavy atom. The molecule has 1 aromatic rings. The first kappa shape index (κ1) is 17.8. The summed E-state index contributed by atoms with van der Waals surface area (Å²) in [5, 5.41) is 0.735. The summed E-state index contributed by atoms with van der Waals surface area (Å²) >= 11 is 1.16. The zero-order valence-corrected chi connectivity index (χ0v) is 13.2. The minimum atomic E-state index is -3.47. The number of nitrogens with one attached hydrogen (secondary N) is 1. The minimum absolute atomic E-state index is 0. The quantitative estimate of drug-likeness (QED) is 0.834. The molecule has 8 heteroatoms. The van der Waals surface area contributed by atoms with Crippen LogP contribution in [0.4, 0.5) is 0 Å². The maximum Gasteiger partial charge on any atom is 0.251 e. The van der Waals surface area contributed by atoms with E-state index in [-0.39, 0.29) is 22.7 Å². The number of rotatable bonds is 6. The Balaban J connectivity index is 0.00000289. The lowest BCUT2D eigenvalue weighted by atomic mass is 10.1. The summed E-state index contributed by atoms with van der Waals surface area (Å²) in [6.07, 6.45) is 2.11. The first-order valence-electron chi connectivity index (χ1n) is 5.50. The highest BCUT2D eigenvalue weighted by molar-refractivity contribution is 7.91. The van der Waals surface area contributed by atoms with Crippen LogP contribution in [0.5, 0.6) is 0 Å². The van der Waals surface area contributed by atoms with Gasteiger partial charge in [0, 0.05) is 12.6 Å². The predicted molar refractivity (Wildman–Crippen MR) is 76.7 cm³/mol. The van der Waals surface area contributed by atoms with Crippen molar-refractivity contribution in [3.05, 3.63) is 11.2 Å². The fourth-order valence-corrected chi connectivity index (χ4v) is 3.89. The van der Waals surface area contributed by atoms with Crippen molar-refractivity contribution in [1.29, 1.82) is 0 Å². The first-order chi connectivity index (χ1) is 7.85. The van der Waals surface area contributed by atoms with E-state index >= 15 is 0 Å². The standard InChI is InChI=1S/C10H19N3O2S2.ClH/c1-7(2)4-9(5-11)13-17(14,15)10-6-12-8(3)16-10;/h6-7,9,13H,4-5,11H2,1-3H3;1H. The highest BCUT2D eigenvalue weighted by Gasteiger charge is 2.21. The molecule has 1 heterocycles. The van der Waals surface area contributed by atoms with E-state index in [1.165, 1.54) is 6.20 Å². The van der Waals surface area contributed by atoms with E-state index < -0.39 is 10.0 Å². The second-order valence-corrected chi connectivity index (χ2v) is 7.56. The van der Waals surface area contributed by atoms with Crippen LogP contribution < -0.4 is 10.5 Å². The van der Waals surface area contributed by atoms with Gasteiger partial charge in [0.05, 0.1) is 11.2 Å². The Morgan fingerprint density at radius 1 is 1.50 bits per heavy atom. The second kappa shape index (κ2) is 7.40. The largest absolute Gasteiger partial charge is 0.329 e. The topological polar surface area (TPSA) is 85.1 Å². The fraction of sp³-hybridized carbons (Fsp3) is 0.700. The molecule has 0 saturated heterocycles. The lowest BCUT2D eigenvalue weighted by Gasteiger charge is -2.17. The molecule has 5 nitrogen and oxygen atoms in total. The van der Waals surface area contributed by atoms with Crippen LogP contribution in [0, 0.1) is 12.8 Å². The third-order valence-corrected chi connectivity index (χ3v) is 5.12. The van der Waals surface area contributed by atoms with Gasteiger partial charge in [-0.25, -0.2) is 18.1 Å². The molecule has 0 amide bonds. The average Bonchev–Trinajstić information content (AvgIpc) is 2.63. The molecule has 0 bridgehead atoms. The minimum Gasteiger partial charge on any atom is -0.329 e.